The first kappa shape index (κ1) is 12.4. The maximum atomic E-state index is 9.15. The molecule has 0 fully saturated rings. The van der Waals surface area contributed by atoms with Crippen LogP contribution in [0.1, 0.15) is 24.0 Å². The first-order chi connectivity index (χ1) is 7.63. The normalized spacial score (nSPS) is 10.0. The first-order valence-corrected chi connectivity index (χ1v) is 4.98. The van der Waals surface area contributed by atoms with Crippen molar-refractivity contribution in [3.8, 4) is 5.88 Å². The van der Waals surface area contributed by atoms with Crippen molar-refractivity contribution in [3.05, 3.63) is 23.7 Å². The molecule has 0 spiro atoms. The van der Waals surface area contributed by atoms with E-state index in [1.165, 1.54) is 7.11 Å². The van der Waals surface area contributed by atoms with Crippen LogP contribution in [-0.4, -0.2) is 28.8 Å². The Morgan fingerprint density at radius 1 is 1.44 bits per heavy atom. The van der Waals surface area contributed by atoms with Crippen molar-refractivity contribution in [1.29, 1.82) is 0 Å². The molecule has 0 atom stereocenters. The summed E-state index contributed by atoms with van der Waals surface area (Å²) in [7, 11) is 1.49. The molecule has 1 rings (SSSR count). The fourth-order valence-corrected chi connectivity index (χ4v) is 1.28. The summed E-state index contributed by atoms with van der Waals surface area (Å²) in [4.78, 5) is 8.32. The van der Waals surface area contributed by atoms with Gasteiger partial charge >= 0.3 is 0 Å². The molecule has 0 amide bonds. The molecule has 1 aromatic heterocycles. The molecule has 1 heterocycles. The number of aryl methyl sites for hydroxylation is 1. The first-order valence-electron chi connectivity index (χ1n) is 4.98. The monoisotopic (exact) mass is 224 g/mol. The zero-order chi connectivity index (χ0) is 12.1. The van der Waals surface area contributed by atoms with Gasteiger partial charge in [-0.2, -0.15) is 4.98 Å². The molecule has 0 saturated heterocycles. The van der Waals surface area contributed by atoms with Crippen LogP contribution in [-0.2, 0) is 11.3 Å². The Hall–Kier alpha value is -1.62. The average Bonchev–Trinajstić information content (AvgIpc) is 2.28. The second-order valence-electron chi connectivity index (χ2n) is 3.13. The Bertz CT molecular complexity index is 391. The second kappa shape index (κ2) is 5.46. The van der Waals surface area contributed by atoms with Gasteiger partial charge in [-0.1, -0.05) is 6.58 Å². The number of aromatic nitrogens is 2. The third-order valence-electron chi connectivity index (χ3n) is 2.10. The van der Waals surface area contributed by atoms with E-state index in [4.69, 9.17) is 14.6 Å². The van der Waals surface area contributed by atoms with Gasteiger partial charge < -0.3 is 14.6 Å². The Kier molecular flexibility index (Phi) is 4.25. The van der Waals surface area contributed by atoms with Crippen molar-refractivity contribution in [3.63, 3.8) is 0 Å². The maximum Gasteiger partial charge on any atom is 0.222 e. The van der Waals surface area contributed by atoms with E-state index >= 15 is 0 Å². The van der Waals surface area contributed by atoms with Crippen LogP contribution < -0.4 is 4.74 Å². The van der Waals surface area contributed by atoms with Gasteiger partial charge in [-0.15, -0.1) is 0 Å². The lowest BCUT2D eigenvalue weighted by atomic mass is 10.2. The van der Waals surface area contributed by atoms with E-state index in [9.17, 15) is 0 Å². The molecule has 1 N–H and O–H groups in total. The van der Waals surface area contributed by atoms with Gasteiger partial charge in [-0.05, 0) is 13.8 Å². The molecule has 5 heteroatoms. The molecular formula is C11H16N2O3. The van der Waals surface area contributed by atoms with E-state index in [1.54, 1.807) is 6.92 Å². The van der Waals surface area contributed by atoms with Crippen LogP contribution in [0.2, 0.25) is 0 Å². The Balaban J connectivity index is 3.15. The minimum absolute atomic E-state index is 0.156. The largest absolute Gasteiger partial charge is 0.491 e. The Labute approximate surface area is 94.8 Å². The van der Waals surface area contributed by atoms with Crippen molar-refractivity contribution in [2.24, 2.45) is 0 Å². The minimum Gasteiger partial charge on any atom is -0.491 e. The van der Waals surface area contributed by atoms with Crippen LogP contribution in [0.15, 0.2) is 6.58 Å². The van der Waals surface area contributed by atoms with Gasteiger partial charge in [0.2, 0.25) is 5.88 Å². The highest BCUT2D eigenvalue weighted by molar-refractivity contribution is 5.51. The van der Waals surface area contributed by atoms with Crippen LogP contribution in [0, 0.1) is 6.92 Å². The molecule has 88 valence electrons. The van der Waals surface area contributed by atoms with E-state index < -0.39 is 0 Å². The van der Waals surface area contributed by atoms with E-state index in [-0.39, 0.29) is 6.61 Å². The summed E-state index contributed by atoms with van der Waals surface area (Å²) in [6.45, 7) is 7.71. The summed E-state index contributed by atoms with van der Waals surface area (Å²) in [5, 5.41) is 9.15. The minimum atomic E-state index is -0.156. The lowest BCUT2D eigenvalue weighted by molar-refractivity contribution is 0.268. The van der Waals surface area contributed by atoms with E-state index in [0.29, 0.717) is 35.3 Å². The van der Waals surface area contributed by atoms with E-state index in [0.717, 1.165) is 0 Å². The lowest BCUT2D eigenvalue weighted by Crippen LogP contribution is -2.06. The quantitative estimate of drug-likeness (QED) is 0.763. The van der Waals surface area contributed by atoms with Gasteiger partial charge in [0.25, 0.3) is 0 Å². The van der Waals surface area contributed by atoms with Crippen molar-refractivity contribution in [2.45, 2.75) is 20.5 Å². The van der Waals surface area contributed by atoms with Crippen molar-refractivity contribution >= 4 is 5.76 Å². The number of hydrogen-bond acceptors (Lipinski definition) is 5. The topological polar surface area (TPSA) is 64.5 Å². The molecule has 0 aliphatic heterocycles. The molecule has 0 aliphatic carbocycles. The number of rotatable bonds is 5. The highest BCUT2D eigenvalue weighted by atomic mass is 16.5. The van der Waals surface area contributed by atoms with Gasteiger partial charge in [-0.3, -0.25) is 0 Å². The summed E-state index contributed by atoms with van der Waals surface area (Å²) in [5.74, 6) is 1.13. The van der Waals surface area contributed by atoms with Gasteiger partial charge in [0, 0.05) is 0 Å². The summed E-state index contributed by atoms with van der Waals surface area (Å²) >= 11 is 0. The molecular weight excluding hydrogens is 208 g/mol. The van der Waals surface area contributed by atoms with Crippen molar-refractivity contribution < 1.29 is 14.6 Å². The number of methoxy groups -OCH3 is 1. The summed E-state index contributed by atoms with van der Waals surface area (Å²) < 4.78 is 10.3. The predicted octanol–water partition coefficient (Wildman–Crippen LogP) is 1.29. The van der Waals surface area contributed by atoms with Crippen LogP contribution >= 0.6 is 0 Å². The predicted molar refractivity (Wildman–Crippen MR) is 59.9 cm³/mol. The zero-order valence-electron chi connectivity index (χ0n) is 9.78. The van der Waals surface area contributed by atoms with Gasteiger partial charge in [0.05, 0.1) is 31.6 Å². The zero-order valence-corrected chi connectivity index (χ0v) is 9.78. The average molecular weight is 224 g/mol. The van der Waals surface area contributed by atoms with Crippen LogP contribution in [0.3, 0.4) is 0 Å². The number of aliphatic hydroxyl groups is 1. The van der Waals surface area contributed by atoms with E-state index in [2.05, 4.69) is 16.5 Å². The van der Waals surface area contributed by atoms with Gasteiger partial charge in [0.15, 0.2) is 11.6 Å². The standard InChI is InChI=1S/C11H16N2O3/c1-5-16-8(3)10-12-7(2)9(6-14)11(13-10)15-4/h14H,3,5-6H2,1-2,4H3. The van der Waals surface area contributed by atoms with Crippen LogP contribution in [0.5, 0.6) is 5.88 Å². The molecule has 1 aromatic rings. The maximum absolute atomic E-state index is 9.15. The summed E-state index contributed by atoms with van der Waals surface area (Å²) in [5.41, 5.74) is 1.24. The highest BCUT2D eigenvalue weighted by Gasteiger charge is 2.13. The van der Waals surface area contributed by atoms with E-state index in [1.807, 2.05) is 6.92 Å². The summed E-state index contributed by atoms with van der Waals surface area (Å²) in [6.07, 6.45) is 0. The molecule has 0 saturated carbocycles. The number of hydrogen-bond donors (Lipinski definition) is 1. The third-order valence-corrected chi connectivity index (χ3v) is 2.10. The van der Waals surface area contributed by atoms with Crippen molar-refractivity contribution in [1.82, 2.24) is 9.97 Å². The highest BCUT2D eigenvalue weighted by Crippen LogP contribution is 2.21. The van der Waals surface area contributed by atoms with Crippen LogP contribution in [0.25, 0.3) is 5.76 Å². The lowest BCUT2D eigenvalue weighted by Gasteiger charge is -2.11. The third kappa shape index (κ3) is 2.49. The molecule has 0 aliphatic rings. The fourth-order valence-electron chi connectivity index (χ4n) is 1.28. The number of aliphatic hydroxyl groups excluding tert-OH is 1. The molecule has 0 unspecified atom stereocenters. The number of ether oxygens (including phenoxy) is 2. The molecule has 0 aromatic carbocycles. The summed E-state index contributed by atoms with van der Waals surface area (Å²) in [6, 6.07) is 0. The fraction of sp³-hybridized carbons (Fsp3) is 0.455. The Morgan fingerprint density at radius 2 is 2.12 bits per heavy atom. The smallest absolute Gasteiger partial charge is 0.222 e. The molecule has 5 nitrogen and oxygen atoms in total. The van der Waals surface area contributed by atoms with Gasteiger partial charge in [0.1, 0.15) is 0 Å². The van der Waals surface area contributed by atoms with Crippen LogP contribution in [0.4, 0.5) is 0 Å². The molecule has 16 heavy (non-hydrogen) atoms. The SMILES string of the molecule is C=C(OCC)c1nc(C)c(CO)c(OC)n1. The van der Waals surface area contributed by atoms with Crippen molar-refractivity contribution in [2.75, 3.05) is 13.7 Å². The second-order valence-corrected chi connectivity index (χ2v) is 3.13. The molecule has 0 bridgehead atoms. The Morgan fingerprint density at radius 3 is 2.62 bits per heavy atom. The van der Waals surface area contributed by atoms with Gasteiger partial charge in [-0.25, -0.2) is 4.98 Å². The number of nitrogens with zero attached hydrogens (tertiary/aromatic N) is 2. The molecule has 0 radical (unpaired) electrons.